The predicted molar refractivity (Wildman–Crippen MR) is 121 cm³/mol. The number of esters is 2. The van der Waals surface area contributed by atoms with Crippen molar-refractivity contribution in [1.82, 2.24) is 15.2 Å². The van der Waals surface area contributed by atoms with Crippen LogP contribution in [0.1, 0.15) is 19.5 Å². The zero-order valence-corrected chi connectivity index (χ0v) is 20.3. The molecule has 15 heteroatoms. The van der Waals surface area contributed by atoms with E-state index in [9.17, 15) is 24.4 Å². The molecule has 2 fully saturated rings. The second-order valence-electron chi connectivity index (χ2n) is 8.02. The number of ether oxygens (including phenoxy) is 3. The molecule has 0 radical (unpaired) electrons. The Labute approximate surface area is 203 Å². The molecule has 2 amide bonds. The zero-order valence-electron chi connectivity index (χ0n) is 18.7. The lowest BCUT2D eigenvalue weighted by atomic mass is 9.88. The fourth-order valence-electron chi connectivity index (χ4n) is 3.45. The van der Waals surface area contributed by atoms with Gasteiger partial charge in [-0.15, -0.1) is 23.1 Å². The van der Waals surface area contributed by atoms with Gasteiger partial charge in [0.25, 0.3) is 5.91 Å². The third-order valence-electron chi connectivity index (χ3n) is 5.23. The third kappa shape index (κ3) is 5.10. The lowest BCUT2D eigenvalue weighted by molar-refractivity contribution is -0.180. The number of fused-ring (bicyclic) bond motifs is 1. The molecule has 3 rings (SSSR count). The number of nitrogens with one attached hydrogen (secondary N) is 1. The molecule has 3 heterocycles. The average Bonchev–Trinajstić information content (AvgIpc) is 3.23. The highest BCUT2D eigenvalue weighted by Crippen LogP contribution is 2.43. The molecule has 3 atom stereocenters. The number of oxime groups is 1. The molecule has 2 unspecified atom stereocenters. The number of thioether (sulfide) groups is 1. The van der Waals surface area contributed by atoms with E-state index in [4.69, 9.17) is 19.9 Å². The van der Waals surface area contributed by atoms with Gasteiger partial charge in [-0.2, -0.15) is 0 Å². The van der Waals surface area contributed by atoms with E-state index >= 15 is 0 Å². The van der Waals surface area contributed by atoms with E-state index < -0.39 is 47.4 Å². The summed E-state index contributed by atoms with van der Waals surface area (Å²) in [6, 6.07) is -0.881. The Morgan fingerprint density at radius 3 is 2.74 bits per heavy atom. The van der Waals surface area contributed by atoms with E-state index in [1.54, 1.807) is 13.8 Å². The van der Waals surface area contributed by atoms with Gasteiger partial charge >= 0.3 is 11.9 Å². The van der Waals surface area contributed by atoms with Crippen LogP contribution < -0.4 is 11.1 Å². The van der Waals surface area contributed by atoms with Crippen molar-refractivity contribution >= 4 is 57.7 Å². The average molecular weight is 516 g/mol. The Morgan fingerprint density at radius 1 is 1.41 bits per heavy atom. The summed E-state index contributed by atoms with van der Waals surface area (Å²) in [6.07, 6.45) is 0. The molecule has 2 aliphatic heterocycles. The minimum atomic E-state index is -1.17. The van der Waals surface area contributed by atoms with Gasteiger partial charge in [-0.1, -0.05) is 19.0 Å². The fourth-order valence-corrected chi connectivity index (χ4v) is 5.52. The summed E-state index contributed by atoms with van der Waals surface area (Å²) < 4.78 is 15.3. The van der Waals surface area contributed by atoms with Crippen LogP contribution in [0.3, 0.4) is 0 Å². The van der Waals surface area contributed by atoms with Crippen LogP contribution >= 0.6 is 23.1 Å². The minimum Gasteiger partial charge on any atom is -0.428 e. The normalized spacial score (nSPS) is 24.3. The maximum atomic E-state index is 12.8. The lowest BCUT2D eigenvalue weighted by Crippen LogP contribution is -2.74. The van der Waals surface area contributed by atoms with Crippen molar-refractivity contribution < 1.29 is 38.6 Å². The Morgan fingerprint density at radius 2 is 2.15 bits per heavy atom. The summed E-state index contributed by atoms with van der Waals surface area (Å²) in [4.78, 5) is 55.1. The first kappa shape index (κ1) is 25.7. The molecular weight excluding hydrogens is 490 g/mol. The molecule has 2 saturated heterocycles. The van der Waals surface area contributed by atoms with Gasteiger partial charge in [0.05, 0.1) is 12.5 Å². The van der Waals surface area contributed by atoms with E-state index in [1.807, 2.05) is 0 Å². The van der Waals surface area contributed by atoms with Crippen LogP contribution in [-0.4, -0.2) is 88.8 Å². The molecule has 0 aliphatic carbocycles. The van der Waals surface area contributed by atoms with Gasteiger partial charge in [0, 0.05) is 24.8 Å². The van der Waals surface area contributed by atoms with Crippen LogP contribution in [-0.2, 0) is 33.4 Å². The topological polar surface area (TPSA) is 183 Å². The van der Waals surface area contributed by atoms with E-state index in [0.29, 0.717) is 0 Å². The van der Waals surface area contributed by atoms with Crippen molar-refractivity contribution in [2.45, 2.75) is 25.3 Å². The van der Waals surface area contributed by atoms with E-state index in [-0.39, 0.29) is 41.4 Å². The lowest BCUT2D eigenvalue weighted by Gasteiger charge is -2.53. The summed E-state index contributed by atoms with van der Waals surface area (Å²) >= 11 is 2.34. The number of anilines is 1. The minimum absolute atomic E-state index is 0.00420. The number of nitrogens with zero attached hydrogens (tertiary/aromatic N) is 3. The Kier molecular flexibility index (Phi) is 7.99. The van der Waals surface area contributed by atoms with Crippen LogP contribution in [0.4, 0.5) is 5.13 Å². The number of aromatic nitrogens is 1. The molecule has 4 N–H and O–H groups in total. The van der Waals surface area contributed by atoms with Crippen molar-refractivity contribution in [3.05, 3.63) is 11.1 Å². The summed E-state index contributed by atoms with van der Waals surface area (Å²) in [5.74, 6) is -2.50. The number of hydrogen-bond donors (Lipinski definition) is 3. The van der Waals surface area contributed by atoms with Crippen LogP contribution in [0, 0.1) is 11.3 Å². The zero-order chi connectivity index (χ0) is 25.0. The molecule has 0 aromatic carbocycles. The second kappa shape index (κ2) is 10.6. The highest BCUT2D eigenvalue weighted by Gasteiger charge is 2.58. The molecule has 13 nitrogen and oxygen atoms in total. The maximum Gasteiger partial charge on any atom is 0.319 e. The second-order valence-corrected chi connectivity index (χ2v) is 10.0. The van der Waals surface area contributed by atoms with Crippen LogP contribution in [0.25, 0.3) is 0 Å². The number of thiazole rings is 1. The summed E-state index contributed by atoms with van der Waals surface area (Å²) in [6.45, 7) is 2.76. The number of methoxy groups -OCH3 is 1. The van der Waals surface area contributed by atoms with Gasteiger partial charge in [0.2, 0.25) is 12.7 Å². The van der Waals surface area contributed by atoms with Gasteiger partial charge in [-0.25, -0.2) is 4.98 Å². The molecule has 2 aliphatic rings. The van der Waals surface area contributed by atoms with Crippen molar-refractivity contribution in [2.24, 2.45) is 16.5 Å². The molecule has 34 heavy (non-hydrogen) atoms. The molecule has 186 valence electrons. The summed E-state index contributed by atoms with van der Waals surface area (Å²) in [7, 11) is 1.42. The van der Waals surface area contributed by atoms with Crippen LogP contribution in [0.5, 0.6) is 0 Å². The van der Waals surface area contributed by atoms with Gasteiger partial charge in [0.1, 0.15) is 22.5 Å². The van der Waals surface area contributed by atoms with Gasteiger partial charge in [0.15, 0.2) is 10.8 Å². The summed E-state index contributed by atoms with van der Waals surface area (Å²) in [5.41, 5.74) is 4.11. The number of nitrogens with two attached hydrogens (primary N) is 1. The summed E-state index contributed by atoms with van der Waals surface area (Å²) in [5, 5.41) is 16.0. The largest absolute Gasteiger partial charge is 0.428 e. The molecule has 1 aromatic rings. The van der Waals surface area contributed by atoms with Crippen LogP contribution in [0.15, 0.2) is 10.5 Å². The number of carbonyl (C=O) groups is 4. The first-order valence-corrected chi connectivity index (χ1v) is 12.1. The predicted octanol–water partition coefficient (Wildman–Crippen LogP) is -0.364. The van der Waals surface area contributed by atoms with Gasteiger partial charge in [-0.05, 0) is 0 Å². The number of amides is 2. The van der Waals surface area contributed by atoms with E-state index in [1.165, 1.54) is 29.2 Å². The molecule has 0 spiro atoms. The Bertz CT molecular complexity index is 999. The highest BCUT2D eigenvalue weighted by atomic mass is 32.2. The quantitative estimate of drug-likeness (QED) is 0.0974. The molecule has 0 saturated carbocycles. The van der Waals surface area contributed by atoms with Gasteiger partial charge < -0.3 is 35.4 Å². The molecule has 1 aromatic heterocycles. The third-order valence-corrected chi connectivity index (χ3v) is 7.49. The highest BCUT2D eigenvalue weighted by molar-refractivity contribution is 8.00. The smallest absolute Gasteiger partial charge is 0.319 e. The van der Waals surface area contributed by atoms with Gasteiger partial charge in [-0.3, -0.25) is 19.2 Å². The number of rotatable bonds is 9. The van der Waals surface area contributed by atoms with Crippen molar-refractivity contribution in [1.29, 1.82) is 0 Å². The first-order chi connectivity index (χ1) is 16.1. The molecule has 0 bridgehead atoms. The van der Waals surface area contributed by atoms with Crippen molar-refractivity contribution in [3.63, 3.8) is 0 Å². The van der Waals surface area contributed by atoms with Crippen molar-refractivity contribution in [2.75, 3.05) is 38.5 Å². The number of β-lactam (4-membered cyclic amide) rings is 1. The van der Waals surface area contributed by atoms with E-state index in [0.717, 1.165) is 11.3 Å². The molecular formula is C19H25N5O8S2. The monoisotopic (exact) mass is 515 g/mol. The number of carbonyl (C=O) groups excluding carboxylic acids is 4. The number of hydrogen-bond acceptors (Lipinski definition) is 13. The van der Waals surface area contributed by atoms with E-state index in [2.05, 4.69) is 15.5 Å². The number of nitrogen functional groups attached to an aromatic ring is 1. The Balaban J connectivity index is 1.62. The standard InChI is InChI=1S/C19H25N5O8S2/c1-9(2)16(27)31-8-32-17(28)19(6-30-3)5-24-14(26)12(15(24)34-7-19)22-13(25)11(23-29)10-4-33-18(20)21-10/h4,9,12,15,29H,5-8H2,1-3H3,(H2,20,21)(H,22,25)/t12?,15-,19?/m1/s1. The fraction of sp³-hybridized carbons (Fsp3) is 0.579. The Hall–Kier alpha value is -2.91. The van der Waals surface area contributed by atoms with Crippen LogP contribution in [0.2, 0.25) is 0 Å². The SMILES string of the molecule is COCC1(C(=O)OCOC(=O)C(C)C)CS[C@@H]2C(NC(=O)C(=NO)c3csc(N)n3)C(=O)N2C1. The van der Waals surface area contributed by atoms with Crippen molar-refractivity contribution in [3.8, 4) is 0 Å². The maximum absolute atomic E-state index is 12.8. The first-order valence-electron chi connectivity index (χ1n) is 10.1.